The monoisotopic (exact) mass is 604 g/mol. The van der Waals surface area contributed by atoms with E-state index in [1.807, 2.05) is 4.90 Å². The molecule has 3 fully saturated rings. The van der Waals surface area contributed by atoms with E-state index in [9.17, 15) is 24.0 Å². The van der Waals surface area contributed by atoms with Crippen LogP contribution in [0.2, 0.25) is 0 Å². The molecule has 1 aliphatic carbocycles. The fourth-order valence-electron chi connectivity index (χ4n) is 7.52. The lowest BCUT2D eigenvalue weighted by Gasteiger charge is -2.37. The molecule has 236 valence electrons. The molecule has 4 heterocycles. The summed E-state index contributed by atoms with van der Waals surface area (Å²) in [6.45, 7) is 3.35. The summed E-state index contributed by atoms with van der Waals surface area (Å²) in [4.78, 5) is 65.5. The molecule has 44 heavy (non-hydrogen) atoms. The zero-order valence-corrected chi connectivity index (χ0v) is 25.5. The van der Waals surface area contributed by atoms with Crippen molar-refractivity contribution >= 4 is 41.4 Å². The number of nitrogens with one attached hydrogen (secondary N) is 2. The molecule has 2 N–H and O–H groups in total. The number of carbonyl (C=O) groups excluding carboxylic acids is 5. The lowest BCUT2D eigenvalue weighted by molar-refractivity contribution is -0.136. The predicted octanol–water partition coefficient (Wildman–Crippen LogP) is 3.55. The van der Waals surface area contributed by atoms with E-state index in [1.54, 1.807) is 18.2 Å². The number of fused-ring (bicyclic) bond motifs is 1. The van der Waals surface area contributed by atoms with Crippen molar-refractivity contribution in [2.24, 2.45) is 16.9 Å². The Balaban J connectivity index is 0.874. The first-order valence-corrected chi connectivity index (χ1v) is 16.6. The summed E-state index contributed by atoms with van der Waals surface area (Å²) < 4.78 is 0. The van der Waals surface area contributed by atoms with Crippen molar-refractivity contribution in [2.75, 3.05) is 31.5 Å². The van der Waals surface area contributed by atoms with Gasteiger partial charge in [-0.3, -0.25) is 39.2 Å². The van der Waals surface area contributed by atoms with Gasteiger partial charge >= 0.3 is 0 Å². The van der Waals surface area contributed by atoms with Gasteiger partial charge in [0.1, 0.15) is 6.04 Å². The summed E-state index contributed by atoms with van der Waals surface area (Å²) in [6.07, 6.45) is 14.4. The van der Waals surface area contributed by atoms with Gasteiger partial charge in [-0.15, -0.1) is 0 Å². The number of hydrazone groups is 1. The van der Waals surface area contributed by atoms with E-state index in [1.165, 1.54) is 32.1 Å². The van der Waals surface area contributed by atoms with Crippen LogP contribution in [0.1, 0.15) is 104 Å². The van der Waals surface area contributed by atoms with E-state index in [4.69, 9.17) is 5.10 Å². The van der Waals surface area contributed by atoms with Crippen LogP contribution in [0, 0.1) is 11.8 Å². The van der Waals surface area contributed by atoms with Gasteiger partial charge in [0.15, 0.2) is 0 Å². The fraction of sp³-hybridized carbons (Fsp3) is 0.636. The second kappa shape index (κ2) is 13.5. The Bertz CT molecular complexity index is 1320. The summed E-state index contributed by atoms with van der Waals surface area (Å²) in [5.74, 6) is -0.380. The van der Waals surface area contributed by atoms with Gasteiger partial charge in [0.2, 0.25) is 17.7 Å². The first-order chi connectivity index (χ1) is 21.4. The number of likely N-dealkylation sites (tertiary alicyclic amines) is 1. The van der Waals surface area contributed by atoms with Crippen LogP contribution in [0.5, 0.6) is 0 Å². The smallest absolute Gasteiger partial charge is 0.262 e. The number of carbonyl (C=O) groups is 5. The number of rotatable bonds is 10. The molecule has 0 bridgehead atoms. The molecule has 1 saturated carbocycles. The SMILES string of the molecule is O=C1CCC(N2C(=O)c3ccc(NCCCCCC(=O)N4CCC(N5CC(C6CCCCC6)C=N5)CC4)cc3C2=O)C(=O)N1. The number of benzene rings is 1. The highest BCUT2D eigenvalue weighted by atomic mass is 16.2. The highest BCUT2D eigenvalue weighted by molar-refractivity contribution is 6.23. The summed E-state index contributed by atoms with van der Waals surface area (Å²) in [5.41, 5.74) is 1.26. The van der Waals surface area contributed by atoms with E-state index < -0.39 is 29.7 Å². The van der Waals surface area contributed by atoms with Gasteiger partial charge in [-0.25, -0.2) is 0 Å². The number of hydrogen-bond donors (Lipinski definition) is 2. The lowest BCUT2D eigenvalue weighted by Crippen LogP contribution is -2.54. The lowest BCUT2D eigenvalue weighted by atomic mass is 9.80. The highest BCUT2D eigenvalue weighted by Crippen LogP contribution is 2.33. The largest absolute Gasteiger partial charge is 0.385 e. The Morgan fingerprint density at radius 1 is 0.909 bits per heavy atom. The highest BCUT2D eigenvalue weighted by Gasteiger charge is 2.44. The maximum Gasteiger partial charge on any atom is 0.262 e. The third-order valence-corrected chi connectivity index (χ3v) is 10.1. The number of amides is 5. The molecule has 2 atom stereocenters. The van der Waals surface area contributed by atoms with E-state index in [2.05, 4.69) is 21.9 Å². The number of unbranched alkanes of at least 4 members (excludes halogenated alkanes) is 2. The minimum absolute atomic E-state index is 0.0929. The summed E-state index contributed by atoms with van der Waals surface area (Å²) in [7, 11) is 0. The minimum Gasteiger partial charge on any atom is -0.385 e. The number of anilines is 1. The van der Waals surface area contributed by atoms with Crippen LogP contribution in [0.3, 0.4) is 0 Å². The molecule has 0 aromatic heterocycles. The van der Waals surface area contributed by atoms with Gasteiger partial charge in [0.25, 0.3) is 11.8 Å². The van der Waals surface area contributed by atoms with Gasteiger partial charge in [-0.1, -0.05) is 25.7 Å². The van der Waals surface area contributed by atoms with Crippen molar-refractivity contribution in [3.8, 4) is 0 Å². The molecule has 11 nitrogen and oxygen atoms in total. The Morgan fingerprint density at radius 3 is 2.45 bits per heavy atom. The molecule has 2 unspecified atom stereocenters. The van der Waals surface area contributed by atoms with Gasteiger partial charge in [-0.2, -0.15) is 5.10 Å². The Kier molecular flexibility index (Phi) is 9.28. The van der Waals surface area contributed by atoms with Crippen LogP contribution >= 0.6 is 0 Å². The third-order valence-electron chi connectivity index (χ3n) is 10.1. The maximum atomic E-state index is 13.0. The van der Waals surface area contributed by atoms with E-state index in [-0.39, 0.29) is 29.9 Å². The average molecular weight is 605 g/mol. The topological polar surface area (TPSA) is 131 Å². The van der Waals surface area contributed by atoms with Crippen LogP contribution < -0.4 is 10.6 Å². The average Bonchev–Trinajstić information content (AvgIpc) is 3.63. The summed E-state index contributed by atoms with van der Waals surface area (Å²) >= 11 is 0. The van der Waals surface area contributed by atoms with Crippen LogP contribution in [0.4, 0.5) is 5.69 Å². The summed E-state index contributed by atoms with van der Waals surface area (Å²) in [6, 6.07) is 4.50. The molecule has 2 saturated heterocycles. The number of hydrogen-bond acceptors (Lipinski definition) is 8. The van der Waals surface area contributed by atoms with Crippen molar-refractivity contribution in [1.29, 1.82) is 0 Å². The van der Waals surface area contributed by atoms with Crippen molar-refractivity contribution in [1.82, 2.24) is 20.1 Å². The number of imide groups is 2. The van der Waals surface area contributed by atoms with Gasteiger partial charge in [0, 0.05) is 56.8 Å². The van der Waals surface area contributed by atoms with E-state index in [0.29, 0.717) is 24.9 Å². The summed E-state index contributed by atoms with van der Waals surface area (Å²) in [5, 5.41) is 12.6. The Hall–Kier alpha value is -3.76. The normalized spacial score (nSPS) is 24.7. The quantitative estimate of drug-likeness (QED) is 0.309. The van der Waals surface area contributed by atoms with Crippen molar-refractivity contribution in [3.05, 3.63) is 29.3 Å². The number of nitrogens with zero attached hydrogens (tertiary/aromatic N) is 4. The van der Waals surface area contributed by atoms with Crippen molar-refractivity contribution in [2.45, 2.75) is 95.6 Å². The number of piperidine rings is 2. The molecule has 6 rings (SSSR count). The van der Waals surface area contributed by atoms with Gasteiger partial charge in [-0.05, 0) is 69.1 Å². The van der Waals surface area contributed by atoms with E-state index >= 15 is 0 Å². The van der Waals surface area contributed by atoms with Crippen molar-refractivity contribution < 1.29 is 24.0 Å². The molecule has 11 heteroatoms. The van der Waals surface area contributed by atoms with Crippen LogP contribution in [-0.4, -0.2) is 88.8 Å². The minimum atomic E-state index is -0.969. The zero-order chi connectivity index (χ0) is 30.6. The zero-order valence-electron chi connectivity index (χ0n) is 25.5. The Morgan fingerprint density at radius 2 is 1.68 bits per heavy atom. The van der Waals surface area contributed by atoms with Crippen LogP contribution in [0.15, 0.2) is 23.3 Å². The molecule has 5 amide bonds. The molecule has 0 radical (unpaired) electrons. The van der Waals surface area contributed by atoms with Crippen LogP contribution in [0.25, 0.3) is 0 Å². The van der Waals surface area contributed by atoms with E-state index in [0.717, 1.165) is 68.2 Å². The van der Waals surface area contributed by atoms with Gasteiger partial charge < -0.3 is 10.2 Å². The van der Waals surface area contributed by atoms with Crippen molar-refractivity contribution in [3.63, 3.8) is 0 Å². The second-order valence-electron chi connectivity index (χ2n) is 13.0. The standard InChI is InChI=1S/C33H44N6O5/c40-29-13-12-28(31(42)36-29)39-32(43)26-11-10-24(19-27(26)33(39)44)34-16-6-2-5-9-30(41)37-17-14-25(15-18-37)38-21-23(20-35-38)22-7-3-1-4-8-22/h10-11,19-20,22-23,25,28,34H,1-9,12-18,21H2,(H,36,40,42). The van der Waals surface area contributed by atoms with Gasteiger partial charge in [0.05, 0.1) is 17.2 Å². The molecule has 4 aliphatic heterocycles. The predicted molar refractivity (Wildman–Crippen MR) is 165 cm³/mol. The molecular weight excluding hydrogens is 560 g/mol. The molecule has 0 spiro atoms. The Labute approximate surface area is 258 Å². The second-order valence-corrected chi connectivity index (χ2v) is 13.0. The van der Waals surface area contributed by atoms with Crippen LogP contribution in [-0.2, 0) is 14.4 Å². The fourth-order valence-corrected chi connectivity index (χ4v) is 7.52. The first kappa shape index (κ1) is 30.3. The first-order valence-electron chi connectivity index (χ1n) is 16.6. The molecular formula is C33H44N6O5. The molecule has 1 aromatic rings. The molecule has 1 aromatic carbocycles. The third kappa shape index (κ3) is 6.51. The molecule has 5 aliphatic rings. The maximum absolute atomic E-state index is 13.0.